The molecule has 4 aromatic rings. The van der Waals surface area contributed by atoms with Gasteiger partial charge >= 0.3 is 6.18 Å². The highest BCUT2D eigenvalue weighted by Gasteiger charge is 2.36. The maximum absolute atomic E-state index is 13.6. The molecule has 1 atom stereocenters. The first-order chi connectivity index (χ1) is 16.8. The SMILES string of the molecule is O[C@@H](c1cc(OCc2ccccc2)cc(OCc2ccccc2)c1)c1ccc(F)cc1C(F)(F)F. The van der Waals surface area contributed by atoms with Crippen LogP contribution in [0.15, 0.2) is 97.1 Å². The highest BCUT2D eigenvalue weighted by atomic mass is 19.4. The Morgan fingerprint density at radius 2 is 1.20 bits per heavy atom. The van der Waals surface area contributed by atoms with Gasteiger partial charge in [-0.05, 0) is 46.5 Å². The molecule has 0 radical (unpaired) electrons. The van der Waals surface area contributed by atoms with Crippen molar-refractivity contribution in [3.05, 3.63) is 131 Å². The van der Waals surface area contributed by atoms with Crippen LogP contribution in [0.3, 0.4) is 0 Å². The molecule has 0 aromatic heterocycles. The number of aliphatic hydroxyl groups excluding tert-OH is 1. The highest BCUT2D eigenvalue weighted by Crippen LogP contribution is 2.38. The average Bonchev–Trinajstić information content (AvgIpc) is 2.86. The van der Waals surface area contributed by atoms with Crippen molar-refractivity contribution in [2.75, 3.05) is 0 Å². The van der Waals surface area contributed by atoms with E-state index in [1.807, 2.05) is 60.7 Å². The second-order valence-corrected chi connectivity index (χ2v) is 7.92. The van der Waals surface area contributed by atoms with Gasteiger partial charge in [0.15, 0.2) is 0 Å². The lowest BCUT2D eigenvalue weighted by atomic mass is 9.96. The Kier molecular flexibility index (Phi) is 7.36. The Morgan fingerprint density at radius 1 is 0.686 bits per heavy atom. The largest absolute Gasteiger partial charge is 0.489 e. The van der Waals surface area contributed by atoms with E-state index in [0.29, 0.717) is 17.6 Å². The van der Waals surface area contributed by atoms with Crippen LogP contribution < -0.4 is 9.47 Å². The Hall–Kier alpha value is -3.84. The minimum Gasteiger partial charge on any atom is -0.489 e. The number of aliphatic hydroxyl groups is 1. The van der Waals surface area contributed by atoms with E-state index in [-0.39, 0.29) is 18.8 Å². The van der Waals surface area contributed by atoms with Crippen LogP contribution in [0.25, 0.3) is 0 Å². The molecule has 0 saturated heterocycles. The minimum atomic E-state index is -4.84. The van der Waals surface area contributed by atoms with Gasteiger partial charge in [0.2, 0.25) is 0 Å². The first-order valence-corrected chi connectivity index (χ1v) is 10.8. The summed E-state index contributed by atoms with van der Waals surface area (Å²) < 4.78 is 65.9. The van der Waals surface area contributed by atoms with Crippen LogP contribution in [-0.2, 0) is 19.4 Å². The normalized spacial score (nSPS) is 12.3. The van der Waals surface area contributed by atoms with E-state index < -0.39 is 29.2 Å². The molecule has 3 nitrogen and oxygen atoms in total. The van der Waals surface area contributed by atoms with Crippen LogP contribution in [-0.4, -0.2) is 5.11 Å². The maximum atomic E-state index is 13.6. The number of halogens is 4. The van der Waals surface area contributed by atoms with Crippen molar-refractivity contribution in [1.29, 1.82) is 0 Å². The number of benzene rings is 4. The predicted molar refractivity (Wildman–Crippen MR) is 123 cm³/mol. The topological polar surface area (TPSA) is 38.7 Å². The molecule has 4 rings (SSSR count). The molecule has 0 heterocycles. The van der Waals surface area contributed by atoms with Gasteiger partial charge in [-0.3, -0.25) is 0 Å². The molecule has 180 valence electrons. The molecule has 7 heteroatoms. The van der Waals surface area contributed by atoms with Crippen LogP contribution in [0, 0.1) is 5.82 Å². The lowest BCUT2D eigenvalue weighted by Gasteiger charge is -2.20. The molecule has 1 N–H and O–H groups in total. The van der Waals surface area contributed by atoms with E-state index in [2.05, 4.69) is 0 Å². The van der Waals surface area contributed by atoms with Crippen molar-refractivity contribution in [2.45, 2.75) is 25.5 Å². The van der Waals surface area contributed by atoms with Crippen molar-refractivity contribution in [3.63, 3.8) is 0 Å². The first-order valence-electron chi connectivity index (χ1n) is 10.8. The molecule has 0 aliphatic heterocycles. The Balaban J connectivity index is 1.66. The Morgan fingerprint density at radius 3 is 1.69 bits per heavy atom. The second-order valence-electron chi connectivity index (χ2n) is 7.92. The van der Waals surface area contributed by atoms with Gasteiger partial charge in [0.05, 0.1) is 5.56 Å². The summed E-state index contributed by atoms with van der Waals surface area (Å²) in [5.41, 5.74) is 0.197. The fraction of sp³-hybridized carbons (Fsp3) is 0.143. The molecule has 0 bridgehead atoms. The highest BCUT2D eigenvalue weighted by molar-refractivity contribution is 5.45. The van der Waals surface area contributed by atoms with Gasteiger partial charge in [0.25, 0.3) is 0 Å². The van der Waals surface area contributed by atoms with E-state index in [1.165, 1.54) is 12.1 Å². The third-order valence-electron chi connectivity index (χ3n) is 5.33. The molecule has 0 amide bonds. The number of alkyl halides is 3. The molecule has 0 saturated carbocycles. The van der Waals surface area contributed by atoms with E-state index >= 15 is 0 Å². The number of hydrogen-bond acceptors (Lipinski definition) is 3. The molecule has 4 aromatic carbocycles. The van der Waals surface area contributed by atoms with Crippen LogP contribution in [0.1, 0.15) is 33.9 Å². The zero-order valence-corrected chi connectivity index (χ0v) is 18.5. The molecule has 0 unspecified atom stereocenters. The predicted octanol–water partition coefficient (Wildman–Crippen LogP) is 7.08. The van der Waals surface area contributed by atoms with E-state index in [9.17, 15) is 22.7 Å². The van der Waals surface area contributed by atoms with Crippen LogP contribution in [0.4, 0.5) is 17.6 Å². The summed E-state index contributed by atoms with van der Waals surface area (Å²) in [6.45, 7) is 0.422. The monoisotopic (exact) mass is 482 g/mol. The smallest absolute Gasteiger partial charge is 0.416 e. The fourth-order valence-electron chi connectivity index (χ4n) is 3.59. The summed E-state index contributed by atoms with van der Waals surface area (Å²) in [6.07, 6.45) is -6.53. The van der Waals surface area contributed by atoms with Crippen molar-refractivity contribution in [2.24, 2.45) is 0 Å². The Labute approximate surface area is 200 Å². The molecule has 35 heavy (non-hydrogen) atoms. The van der Waals surface area contributed by atoms with Crippen molar-refractivity contribution in [1.82, 2.24) is 0 Å². The summed E-state index contributed by atoms with van der Waals surface area (Å²) in [5, 5.41) is 10.9. The number of hydrogen-bond donors (Lipinski definition) is 1. The van der Waals surface area contributed by atoms with Gasteiger partial charge in [-0.15, -0.1) is 0 Å². The Bertz CT molecular complexity index is 1200. The average molecular weight is 482 g/mol. The summed E-state index contributed by atoms with van der Waals surface area (Å²) in [6, 6.07) is 25.4. The molecular weight excluding hydrogens is 460 g/mol. The minimum absolute atomic E-state index is 0.121. The zero-order chi connectivity index (χ0) is 24.8. The second kappa shape index (κ2) is 10.6. The standard InChI is InChI=1S/C28H22F4O3/c29-22-11-12-25(26(15-22)28(30,31)32)27(33)21-13-23(34-17-19-7-3-1-4-8-19)16-24(14-21)35-18-20-9-5-2-6-10-20/h1-16,27,33H,17-18H2/t27-/m0/s1. The van der Waals surface area contributed by atoms with Crippen molar-refractivity contribution < 1.29 is 32.1 Å². The third kappa shape index (κ3) is 6.39. The van der Waals surface area contributed by atoms with Gasteiger partial charge in [0.1, 0.15) is 36.6 Å². The summed E-state index contributed by atoms with van der Waals surface area (Å²) in [4.78, 5) is 0. The van der Waals surface area contributed by atoms with E-state index in [0.717, 1.165) is 23.3 Å². The number of rotatable bonds is 8. The molecular formula is C28H22F4O3. The van der Waals surface area contributed by atoms with Gasteiger partial charge in [-0.2, -0.15) is 13.2 Å². The van der Waals surface area contributed by atoms with Gasteiger partial charge in [-0.1, -0.05) is 66.7 Å². The van der Waals surface area contributed by atoms with Gasteiger partial charge < -0.3 is 14.6 Å². The lowest BCUT2D eigenvalue weighted by molar-refractivity contribution is -0.139. The third-order valence-corrected chi connectivity index (χ3v) is 5.33. The maximum Gasteiger partial charge on any atom is 0.416 e. The van der Waals surface area contributed by atoms with Gasteiger partial charge in [0, 0.05) is 6.07 Å². The van der Waals surface area contributed by atoms with Crippen LogP contribution in [0.5, 0.6) is 11.5 Å². The van der Waals surface area contributed by atoms with Gasteiger partial charge in [-0.25, -0.2) is 4.39 Å². The van der Waals surface area contributed by atoms with E-state index in [1.54, 1.807) is 6.07 Å². The number of ether oxygens (including phenoxy) is 2. The first kappa shape index (κ1) is 24.3. The van der Waals surface area contributed by atoms with Crippen molar-refractivity contribution >= 4 is 0 Å². The van der Waals surface area contributed by atoms with E-state index in [4.69, 9.17) is 9.47 Å². The summed E-state index contributed by atoms with van der Waals surface area (Å²) in [7, 11) is 0. The summed E-state index contributed by atoms with van der Waals surface area (Å²) >= 11 is 0. The van der Waals surface area contributed by atoms with Crippen LogP contribution >= 0.6 is 0 Å². The lowest BCUT2D eigenvalue weighted by Crippen LogP contribution is -2.13. The molecule has 0 fully saturated rings. The molecule has 0 aliphatic rings. The van der Waals surface area contributed by atoms with Crippen molar-refractivity contribution in [3.8, 4) is 11.5 Å². The van der Waals surface area contributed by atoms with Crippen LogP contribution in [0.2, 0.25) is 0 Å². The molecule has 0 aliphatic carbocycles. The molecule has 0 spiro atoms. The fourth-order valence-corrected chi connectivity index (χ4v) is 3.59. The summed E-state index contributed by atoms with van der Waals surface area (Å²) in [5.74, 6) is -0.423. The quantitative estimate of drug-likeness (QED) is 0.273. The zero-order valence-electron chi connectivity index (χ0n) is 18.5.